The number of ether oxygens (including phenoxy) is 2. The van der Waals surface area contributed by atoms with Crippen LogP contribution in [0.5, 0.6) is 11.5 Å². The van der Waals surface area contributed by atoms with Crippen molar-refractivity contribution in [3.8, 4) is 11.5 Å². The smallest absolute Gasteiger partial charge is 0.246 e. The number of amides is 2. The fraction of sp³-hybridized carbons (Fsp3) is 0.667. The first-order valence-electron chi connectivity index (χ1n) is 13.1. The summed E-state index contributed by atoms with van der Waals surface area (Å²) < 4.78 is 11.0. The van der Waals surface area contributed by atoms with Gasteiger partial charge in [-0.25, -0.2) is 5.01 Å². The molecule has 0 radical (unpaired) electrons. The summed E-state index contributed by atoms with van der Waals surface area (Å²) in [7, 11) is 3.26. The number of rotatable bonds is 7. The van der Waals surface area contributed by atoms with Gasteiger partial charge in [-0.15, -0.1) is 0 Å². The van der Waals surface area contributed by atoms with Gasteiger partial charge in [-0.3, -0.25) is 9.59 Å². The Morgan fingerprint density at radius 3 is 2.37 bits per heavy atom. The van der Waals surface area contributed by atoms with Crippen LogP contribution in [0.1, 0.15) is 64.4 Å². The number of likely N-dealkylation sites (tertiary alicyclic amines) is 1. The molecule has 1 aromatic rings. The number of carbonyl (C=O) groups is 2. The molecule has 2 N–H and O–H groups in total. The lowest BCUT2D eigenvalue weighted by molar-refractivity contribution is -0.143. The predicted octanol–water partition coefficient (Wildman–Crippen LogP) is 3.42. The molecule has 1 saturated heterocycles. The van der Waals surface area contributed by atoms with Gasteiger partial charge in [0.25, 0.3) is 0 Å². The van der Waals surface area contributed by atoms with Crippen LogP contribution in [-0.4, -0.2) is 66.8 Å². The maximum atomic E-state index is 13.6. The molecule has 8 nitrogen and oxygen atoms in total. The molecule has 2 fully saturated rings. The fourth-order valence-electron chi connectivity index (χ4n) is 5.73. The van der Waals surface area contributed by atoms with E-state index in [9.17, 15) is 9.59 Å². The number of carbonyl (C=O) groups excluding carboxylic acids is 2. The van der Waals surface area contributed by atoms with Crippen LogP contribution in [0.25, 0.3) is 0 Å². The highest BCUT2D eigenvalue weighted by Crippen LogP contribution is 2.40. The van der Waals surface area contributed by atoms with Gasteiger partial charge in [0.15, 0.2) is 11.5 Å². The Kier molecular flexibility index (Phi) is 7.99. The average Bonchev–Trinajstić information content (AvgIpc) is 2.91. The standard InChI is InChI=1S/C27H40N4O4/c1-5-17(2)24(28)27(33)30-14-12-19(13-15-30)31-26(32)21-9-7-6-8-20(21)25(29-31)18-10-11-22(34-3)23(16-18)35-4/h10-11,16-17,19-21,24H,5-9,12-15,28H2,1-4H3/t17-,20-,21+,24-/m0/s1. The van der Waals surface area contributed by atoms with Crippen LogP contribution in [0.3, 0.4) is 0 Å². The first kappa shape index (κ1) is 25.5. The number of piperidine rings is 1. The van der Waals surface area contributed by atoms with Crippen molar-refractivity contribution < 1.29 is 19.1 Å². The van der Waals surface area contributed by atoms with E-state index in [0.29, 0.717) is 37.4 Å². The zero-order chi connectivity index (χ0) is 25.1. The Bertz CT molecular complexity index is 956. The van der Waals surface area contributed by atoms with Crippen LogP contribution in [0.2, 0.25) is 0 Å². The minimum Gasteiger partial charge on any atom is -0.493 e. The molecular weight excluding hydrogens is 444 g/mol. The quantitative estimate of drug-likeness (QED) is 0.640. The Labute approximate surface area is 208 Å². The monoisotopic (exact) mass is 484 g/mol. The van der Waals surface area contributed by atoms with Crippen LogP contribution >= 0.6 is 0 Å². The van der Waals surface area contributed by atoms with E-state index in [-0.39, 0.29) is 35.6 Å². The van der Waals surface area contributed by atoms with Crippen LogP contribution in [-0.2, 0) is 9.59 Å². The highest BCUT2D eigenvalue weighted by molar-refractivity contribution is 6.07. The Hall–Kier alpha value is -2.61. The van der Waals surface area contributed by atoms with Crippen LogP contribution in [0, 0.1) is 17.8 Å². The van der Waals surface area contributed by atoms with Gasteiger partial charge in [0.2, 0.25) is 11.8 Å². The number of methoxy groups -OCH3 is 2. The SMILES string of the molecule is CC[C@H](C)[C@H](N)C(=O)N1CCC(N2N=C(c3ccc(OC)c(OC)c3)[C@H]3CCCC[C@H]3C2=O)CC1. The van der Waals surface area contributed by atoms with Crippen molar-refractivity contribution in [2.45, 2.75) is 70.9 Å². The highest BCUT2D eigenvalue weighted by atomic mass is 16.5. The Morgan fingerprint density at radius 1 is 1.09 bits per heavy atom. The minimum atomic E-state index is -0.467. The lowest BCUT2D eigenvalue weighted by Crippen LogP contribution is -2.55. The van der Waals surface area contributed by atoms with Crippen molar-refractivity contribution in [2.24, 2.45) is 28.6 Å². The van der Waals surface area contributed by atoms with E-state index in [2.05, 4.69) is 6.92 Å². The molecule has 4 atom stereocenters. The molecule has 3 aliphatic rings. The van der Waals surface area contributed by atoms with E-state index >= 15 is 0 Å². The lowest BCUT2D eigenvalue weighted by Gasteiger charge is -2.43. The van der Waals surface area contributed by atoms with E-state index in [1.54, 1.807) is 19.2 Å². The molecule has 1 aromatic carbocycles. The highest BCUT2D eigenvalue weighted by Gasteiger charge is 2.44. The molecule has 0 spiro atoms. The summed E-state index contributed by atoms with van der Waals surface area (Å²) in [6.07, 6.45) is 6.35. The molecule has 2 amide bonds. The maximum absolute atomic E-state index is 13.6. The van der Waals surface area contributed by atoms with Crippen molar-refractivity contribution in [1.82, 2.24) is 9.91 Å². The molecular formula is C27H40N4O4. The first-order chi connectivity index (χ1) is 16.9. The number of nitrogens with two attached hydrogens (primary N) is 1. The molecule has 2 heterocycles. The number of fused-ring (bicyclic) bond motifs is 1. The second kappa shape index (κ2) is 11.0. The summed E-state index contributed by atoms with van der Waals surface area (Å²) in [6, 6.07) is 5.40. The lowest BCUT2D eigenvalue weighted by atomic mass is 9.73. The summed E-state index contributed by atoms with van der Waals surface area (Å²) in [5, 5.41) is 6.74. The molecule has 35 heavy (non-hydrogen) atoms. The topological polar surface area (TPSA) is 97.5 Å². The maximum Gasteiger partial charge on any atom is 0.246 e. The number of nitrogens with zero attached hydrogens (tertiary/aromatic N) is 3. The third-order valence-corrected chi connectivity index (χ3v) is 8.22. The summed E-state index contributed by atoms with van der Waals surface area (Å²) in [5.74, 6) is 1.73. The molecule has 2 aliphatic heterocycles. The van der Waals surface area contributed by atoms with Crippen molar-refractivity contribution in [2.75, 3.05) is 27.3 Å². The third-order valence-electron chi connectivity index (χ3n) is 8.22. The van der Waals surface area contributed by atoms with E-state index in [1.807, 2.05) is 30.0 Å². The van der Waals surface area contributed by atoms with Gasteiger partial charge < -0.3 is 20.1 Å². The number of hydrogen-bond acceptors (Lipinski definition) is 6. The van der Waals surface area contributed by atoms with Crippen LogP contribution < -0.4 is 15.2 Å². The Balaban J connectivity index is 1.57. The molecule has 1 aliphatic carbocycles. The molecule has 4 rings (SSSR count). The van der Waals surface area contributed by atoms with Crippen molar-refractivity contribution in [3.63, 3.8) is 0 Å². The van der Waals surface area contributed by atoms with E-state index in [1.165, 1.54) is 0 Å². The van der Waals surface area contributed by atoms with Gasteiger partial charge in [-0.05, 0) is 49.8 Å². The predicted molar refractivity (Wildman–Crippen MR) is 135 cm³/mol. The van der Waals surface area contributed by atoms with Crippen LogP contribution in [0.15, 0.2) is 23.3 Å². The van der Waals surface area contributed by atoms with E-state index in [4.69, 9.17) is 20.3 Å². The van der Waals surface area contributed by atoms with Gasteiger partial charge in [-0.1, -0.05) is 33.1 Å². The molecule has 8 heteroatoms. The molecule has 0 unspecified atom stereocenters. The van der Waals surface area contributed by atoms with Crippen molar-refractivity contribution in [1.29, 1.82) is 0 Å². The molecule has 1 saturated carbocycles. The first-order valence-corrected chi connectivity index (χ1v) is 13.1. The summed E-state index contributed by atoms with van der Waals surface area (Å²) in [5.41, 5.74) is 8.15. The minimum absolute atomic E-state index is 0.00982. The largest absolute Gasteiger partial charge is 0.493 e. The van der Waals surface area contributed by atoms with Gasteiger partial charge in [0.05, 0.1) is 32.0 Å². The second-order valence-electron chi connectivity index (χ2n) is 10.2. The number of hydrogen-bond donors (Lipinski definition) is 1. The molecule has 0 aromatic heterocycles. The number of hydrazone groups is 1. The zero-order valence-electron chi connectivity index (χ0n) is 21.5. The third kappa shape index (κ3) is 5.03. The van der Waals surface area contributed by atoms with Gasteiger partial charge in [-0.2, -0.15) is 5.10 Å². The zero-order valence-corrected chi connectivity index (χ0v) is 21.5. The second-order valence-corrected chi connectivity index (χ2v) is 10.2. The average molecular weight is 485 g/mol. The van der Waals surface area contributed by atoms with Gasteiger partial charge in [0.1, 0.15) is 0 Å². The normalized spacial score (nSPS) is 24.9. The molecule has 192 valence electrons. The summed E-state index contributed by atoms with van der Waals surface area (Å²) >= 11 is 0. The number of benzene rings is 1. The summed E-state index contributed by atoms with van der Waals surface area (Å²) in [4.78, 5) is 28.3. The Morgan fingerprint density at radius 2 is 1.74 bits per heavy atom. The van der Waals surface area contributed by atoms with Crippen LogP contribution in [0.4, 0.5) is 0 Å². The van der Waals surface area contributed by atoms with Gasteiger partial charge >= 0.3 is 0 Å². The summed E-state index contributed by atoms with van der Waals surface area (Å²) in [6.45, 7) is 5.28. The van der Waals surface area contributed by atoms with Gasteiger partial charge in [0, 0.05) is 30.5 Å². The van der Waals surface area contributed by atoms with E-state index < -0.39 is 6.04 Å². The van der Waals surface area contributed by atoms with Crippen molar-refractivity contribution in [3.05, 3.63) is 23.8 Å². The van der Waals surface area contributed by atoms with E-state index in [0.717, 1.165) is 43.4 Å². The molecule has 0 bridgehead atoms. The fourth-order valence-corrected chi connectivity index (χ4v) is 5.73. The van der Waals surface area contributed by atoms with Crippen molar-refractivity contribution >= 4 is 17.5 Å².